The molecule has 0 saturated carbocycles. The van der Waals surface area contributed by atoms with Crippen LogP contribution in [-0.2, 0) is 6.54 Å². The Labute approximate surface area is 157 Å². The van der Waals surface area contributed by atoms with E-state index in [0.717, 1.165) is 54.6 Å². The quantitative estimate of drug-likeness (QED) is 0.502. The average molecular weight is 363 g/mol. The molecule has 1 fully saturated rings. The summed E-state index contributed by atoms with van der Waals surface area (Å²) >= 11 is 0. The number of rotatable bonds is 5. The van der Waals surface area contributed by atoms with E-state index < -0.39 is 0 Å². The monoisotopic (exact) mass is 363 g/mol. The van der Waals surface area contributed by atoms with Crippen molar-refractivity contribution in [3.8, 4) is 5.75 Å². The Morgan fingerprint density at radius 3 is 2.59 bits per heavy atom. The van der Waals surface area contributed by atoms with Gasteiger partial charge in [-0.05, 0) is 48.1 Å². The maximum atomic E-state index is 10.7. The van der Waals surface area contributed by atoms with Crippen LogP contribution in [-0.4, -0.2) is 34.0 Å². The molecular formula is C21H21N3O3. The lowest BCUT2D eigenvalue weighted by atomic mass is 10.1. The van der Waals surface area contributed by atoms with Gasteiger partial charge in [0, 0.05) is 49.5 Å². The first kappa shape index (κ1) is 17.4. The number of nitro groups is 1. The summed E-state index contributed by atoms with van der Waals surface area (Å²) in [5.74, 6) is 0.905. The van der Waals surface area contributed by atoms with Crippen molar-refractivity contribution >= 4 is 16.5 Å². The molecule has 2 heterocycles. The van der Waals surface area contributed by atoms with Crippen LogP contribution < -0.4 is 4.74 Å². The van der Waals surface area contributed by atoms with E-state index in [2.05, 4.69) is 16.0 Å². The number of hydrogen-bond donors (Lipinski definition) is 0. The fourth-order valence-corrected chi connectivity index (χ4v) is 3.49. The van der Waals surface area contributed by atoms with Crippen LogP contribution in [0.4, 0.5) is 5.69 Å². The summed E-state index contributed by atoms with van der Waals surface area (Å²) in [6.07, 6.45) is 5.82. The van der Waals surface area contributed by atoms with E-state index in [9.17, 15) is 10.1 Å². The zero-order valence-corrected chi connectivity index (χ0v) is 15.0. The number of fused-ring (bicyclic) bond motifs is 1. The van der Waals surface area contributed by atoms with Crippen molar-refractivity contribution in [2.45, 2.75) is 25.5 Å². The molecule has 138 valence electrons. The molecule has 4 rings (SSSR count). The van der Waals surface area contributed by atoms with Crippen molar-refractivity contribution in [3.63, 3.8) is 0 Å². The lowest BCUT2D eigenvalue weighted by molar-refractivity contribution is -0.384. The van der Waals surface area contributed by atoms with E-state index in [1.54, 1.807) is 18.3 Å². The van der Waals surface area contributed by atoms with E-state index in [0.29, 0.717) is 0 Å². The number of nitrogens with zero attached hydrogens (tertiary/aromatic N) is 3. The second-order valence-corrected chi connectivity index (χ2v) is 6.90. The van der Waals surface area contributed by atoms with Gasteiger partial charge in [-0.15, -0.1) is 0 Å². The summed E-state index contributed by atoms with van der Waals surface area (Å²) < 4.78 is 6.18. The molecule has 27 heavy (non-hydrogen) atoms. The van der Waals surface area contributed by atoms with E-state index >= 15 is 0 Å². The standard InChI is InChI=1S/C21H21N3O3/c25-24(26)19-4-1-16(2-5-19)15-23-11-8-20(9-12-23)27-21-6-3-18-14-22-10-7-17(18)13-21/h1-7,10,13-14,20H,8-9,11-12,15H2. The number of aromatic nitrogens is 1. The summed E-state index contributed by atoms with van der Waals surface area (Å²) in [6, 6.07) is 14.9. The largest absolute Gasteiger partial charge is 0.490 e. The predicted octanol–water partition coefficient (Wildman–Crippen LogP) is 4.19. The zero-order valence-electron chi connectivity index (χ0n) is 15.0. The van der Waals surface area contributed by atoms with Crippen LogP contribution in [0.1, 0.15) is 18.4 Å². The predicted molar refractivity (Wildman–Crippen MR) is 104 cm³/mol. The number of hydrogen-bond acceptors (Lipinski definition) is 5. The van der Waals surface area contributed by atoms with Crippen molar-refractivity contribution in [2.24, 2.45) is 0 Å². The summed E-state index contributed by atoms with van der Waals surface area (Å²) in [5, 5.41) is 13.0. The smallest absolute Gasteiger partial charge is 0.269 e. The van der Waals surface area contributed by atoms with Gasteiger partial charge in [-0.25, -0.2) is 0 Å². The fourth-order valence-electron chi connectivity index (χ4n) is 3.49. The molecule has 3 aromatic rings. The van der Waals surface area contributed by atoms with Crippen molar-refractivity contribution in [2.75, 3.05) is 13.1 Å². The number of piperidine rings is 1. The molecule has 0 spiro atoms. The molecule has 1 aliphatic rings. The summed E-state index contributed by atoms with van der Waals surface area (Å²) in [4.78, 5) is 16.9. The van der Waals surface area contributed by atoms with Gasteiger partial charge in [-0.3, -0.25) is 20.0 Å². The number of pyridine rings is 1. The van der Waals surface area contributed by atoms with Crippen molar-refractivity contribution in [1.82, 2.24) is 9.88 Å². The van der Waals surface area contributed by atoms with E-state index in [4.69, 9.17) is 4.74 Å². The highest BCUT2D eigenvalue weighted by molar-refractivity contribution is 5.82. The lowest BCUT2D eigenvalue weighted by Gasteiger charge is -2.32. The minimum Gasteiger partial charge on any atom is -0.490 e. The van der Waals surface area contributed by atoms with Crippen LogP contribution in [0.2, 0.25) is 0 Å². The highest BCUT2D eigenvalue weighted by Crippen LogP contribution is 2.24. The van der Waals surface area contributed by atoms with Crippen LogP contribution in [0.15, 0.2) is 60.9 Å². The van der Waals surface area contributed by atoms with Crippen LogP contribution in [0.3, 0.4) is 0 Å². The number of nitro benzene ring substituents is 1. The minimum absolute atomic E-state index is 0.136. The number of non-ortho nitro benzene ring substituents is 1. The van der Waals surface area contributed by atoms with Crippen LogP contribution in [0, 0.1) is 10.1 Å². The molecule has 0 amide bonds. The molecule has 1 aromatic heterocycles. The first-order valence-electron chi connectivity index (χ1n) is 9.13. The third-order valence-electron chi connectivity index (χ3n) is 5.00. The topological polar surface area (TPSA) is 68.5 Å². The summed E-state index contributed by atoms with van der Waals surface area (Å²) in [5.41, 5.74) is 1.24. The first-order chi connectivity index (χ1) is 13.2. The van der Waals surface area contributed by atoms with Gasteiger partial charge in [0.1, 0.15) is 11.9 Å². The van der Waals surface area contributed by atoms with Gasteiger partial charge >= 0.3 is 0 Å². The van der Waals surface area contributed by atoms with Crippen molar-refractivity contribution in [3.05, 3.63) is 76.6 Å². The molecule has 2 aromatic carbocycles. The highest BCUT2D eigenvalue weighted by atomic mass is 16.6. The second kappa shape index (κ2) is 7.72. The molecule has 0 aliphatic carbocycles. The molecule has 0 unspecified atom stereocenters. The molecule has 1 saturated heterocycles. The third-order valence-corrected chi connectivity index (χ3v) is 5.00. The van der Waals surface area contributed by atoms with Crippen molar-refractivity contribution < 1.29 is 9.66 Å². The Hall–Kier alpha value is -2.99. The molecule has 6 nitrogen and oxygen atoms in total. The molecular weight excluding hydrogens is 342 g/mol. The van der Waals surface area contributed by atoms with Gasteiger partial charge in [0.2, 0.25) is 0 Å². The Bertz CT molecular complexity index is 935. The third kappa shape index (κ3) is 4.23. The maximum Gasteiger partial charge on any atom is 0.269 e. The summed E-state index contributed by atoms with van der Waals surface area (Å²) in [6.45, 7) is 2.73. The molecule has 0 atom stereocenters. The van der Waals surface area contributed by atoms with Crippen molar-refractivity contribution in [1.29, 1.82) is 0 Å². The SMILES string of the molecule is O=[N+]([O-])c1ccc(CN2CCC(Oc3ccc4cnccc4c3)CC2)cc1. The molecule has 0 radical (unpaired) electrons. The molecule has 6 heteroatoms. The zero-order chi connectivity index (χ0) is 18.6. The normalized spacial score (nSPS) is 15.7. The van der Waals surface area contributed by atoms with Gasteiger partial charge < -0.3 is 4.74 Å². The Morgan fingerprint density at radius 2 is 1.85 bits per heavy atom. The van der Waals surface area contributed by atoms with Gasteiger partial charge in [0.25, 0.3) is 5.69 Å². The average Bonchev–Trinajstić information content (AvgIpc) is 2.70. The van der Waals surface area contributed by atoms with Crippen LogP contribution in [0.5, 0.6) is 5.75 Å². The Balaban J connectivity index is 1.31. The molecule has 0 N–H and O–H groups in total. The fraction of sp³-hybridized carbons (Fsp3) is 0.286. The lowest BCUT2D eigenvalue weighted by Crippen LogP contribution is -2.37. The van der Waals surface area contributed by atoms with E-state index in [-0.39, 0.29) is 16.7 Å². The van der Waals surface area contributed by atoms with Gasteiger partial charge in [-0.2, -0.15) is 0 Å². The first-order valence-corrected chi connectivity index (χ1v) is 9.13. The summed E-state index contributed by atoms with van der Waals surface area (Å²) in [7, 11) is 0. The van der Waals surface area contributed by atoms with Gasteiger partial charge in [0.15, 0.2) is 0 Å². The van der Waals surface area contributed by atoms with Gasteiger partial charge in [0.05, 0.1) is 4.92 Å². The second-order valence-electron chi connectivity index (χ2n) is 6.90. The maximum absolute atomic E-state index is 10.7. The highest BCUT2D eigenvalue weighted by Gasteiger charge is 2.21. The van der Waals surface area contributed by atoms with Crippen LogP contribution >= 0.6 is 0 Å². The molecule has 0 bridgehead atoms. The molecule has 1 aliphatic heterocycles. The van der Waals surface area contributed by atoms with E-state index in [1.165, 1.54) is 0 Å². The van der Waals surface area contributed by atoms with Gasteiger partial charge in [-0.1, -0.05) is 12.1 Å². The number of likely N-dealkylation sites (tertiary alicyclic amines) is 1. The number of benzene rings is 2. The number of ether oxygens (including phenoxy) is 1. The van der Waals surface area contributed by atoms with Crippen LogP contribution in [0.25, 0.3) is 10.8 Å². The minimum atomic E-state index is -0.365. The Kier molecular flexibility index (Phi) is 4.98. The Morgan fingerprint density at radius 1 is 1.07 bits per heavy atom. The van der Waals surface area contributed by atoms with E-state index in [1.807, 2.05) is 36.5 Å².